The van der Waals surface area contributed by atoms with Gasteiger partial charge in [0.25, 0.3) is 5.91 Å². The van der Waals surface area contributed by atoms with Crippen molar-refractivity contribution in [3.63, 3.8) is 0 Å². The van der Waals surface area contributed by atoms with Crippen molar-refractivity contribution in [3.8, 4) is 0 Å². The number of hydrogen-bond acceptors (Lipinski definition) is 2. The van der Waals surface area contributed by atoms with Crippen LogP contribution in [0.5, 0.6) is 0 Å². The summed E-state index contributed by atoms with van der Waals surface area (Å²) < 4.78 is 0. The summed E-state index contributed by atoms with van der Waals surface area (Å²) in [6.07, 6.45) is 5.14. The number of H-pyrrole nitrogens is 1. The van der Waals surface area contributed by atoms with E-state index in [4.69, 9.17) is 0 Å². The molecule has 1 heterocycles. The molecule has 0 radical (unpaired) electrons. The molecule has 0 atom stereocenters. The van der Waals surface area contributed by atoms with E-state index in [1.54, 1.807) is 0 Å². The molecule has 1 aromatic rings. The number of nitrogens with zero attached hydrogens (tertiary/aromatic N) is 1. The van der Waals surface area contributed by atoms with E-state index in [2.05, 4.69) is 15.5 Å². The molecule has 0 saturated heterocycles. The van der Waals surface area contributed by atoms with E-state index in [1.165, 1.54) is 19.3 Å². The maximum atomic E-state index is 11.9. The van der Waals surface area contributed by atoms with Crippen molar-refractivity contribution in [1.29, 1.82) is 0 Å². The summed E-state index contributed by atoms with van der Waals surface area (Å²) in [4.78, 5) is 11.9. The highest BCUT2D eigenvalue weighted by atomic mass is 16.1. The van der Waals surface area contributed by atoms with Crippen LogP contribution in [0.2, 0.25) is 0 Å². The predicted molar refractivity (Wildman–Crippen MR) is 62.4 cm³/mol. The molecule has 1 aliphatic rings. The topological polar surface area (TPSA) is 57.8 Å². The summed E-state index contributed by atoms with van der Waals surface area (Å²) in [5.74, 6) is 0.843. The number of nitrogens with one attached hydrogen (secondary N) is 2. The number of hydrogen-bond donors (Lipinski definition) is 2. The van der Waals surface area contributed by atoms with Gasteiger partial charge in [0.2, 0.25) is 0 Å². The van der Waals surface area contributed by atoms with Crippen LogP contribution in [-0.2, 0) is 0 Å². The van der Waals surface area contributed by atoms with E-state index < -0.39 is 0 Å². The summed E-state index contributed by atoms with van der Waals surface area (Å²) >= 11 is 0. The minimum absolute atomic E-state index is 0.00285. The quantitative estimate of drug-likeness (QED) is 0.816. The van der Waals surface area contributed by atoms with Gasteiger partial charge in [-0.15, -0.1) is 0 Å². The number of carbonyl (C=O) groups excluding carboxylic acids is 1. The molecule has 4 nitrogen and oxygen atoms in total. The molecule has 0 spiro atoms. The Morgan fingerprint density at radius 1 is 1.50 bits per heavy atom. The first-order valence-electron chi connectivity index (χ1n) is 5.98. The second kappa shape index (κ2) is 4.68. The second-order valence-corrected chi connectivity index (χ2v) is 4.65. The highest BCUT2D eigenvalue weighted by Crippen LogP contribution is 2.28. The van der Waals surface area contributed by atoms with Crippen LogP contribution in [-0.4, -0.2) is 22.6 Å². The second-order valence-electron chi connectivity index (χ2n) is 4.65. The van der Waals surface area contributed by atoms with E-state index in [0.717, 1.165) is 30.3 Å². The fourth-order valence-corrected chi connectivity index (χ4v) is 2.15. The summed E-state index contributed by atoms with van der Waals surface area (Å²) in [6.45, 7) is 4.51. The Balaban J connectivity index is 1.83. The molecular weight excluding hydrogens is 202 g/mol. The molecule has 0 bridgehead atoms. The molecule has 0 aromatic carbocycles. The maximum absolute atomic E-state index is 11.9. The van der Waals surface area contributed by atoms with Crippen molar-refractivity contribution in [2.75, 3.05) is 6.54 Å². The molecule has 1 aliphatic carbocycles. The van der Waals surface area contributed by atoms with Crippen LogP contribution in [0.3, 0.4) is 0 Å². The number of aromatic amines is 1. The van der Waals surface area contributed by atoms with Crippen molar-refractivity contribution in [2.24, 2.45) is 5.92 Å². The molecule has 1 saturated carbocycles. The zero-order chi connectivity index (χ0) is 11.5. The first-order valence-corrected chi connectivity index (χ1v) is 5.98. The van der Waals surface area contributed by atoms with Crippen LogP contribution in [0.25, 0.3) is 0 Å². The van der Waals surface area contributed by atoms with E-state index in [9.17, 15) is 4.79 Å². The van der Waals surface area contributed by atoms with Crippen molar-refractivity contribution >= 4 is 5.91 Å². The summed E-state index contributed by atoms with van der Waals surface area (Å²) in [7, 11) is 0. The molecule has 16 heavy (non-hydrogen) atoms. The molecule has 2 N–H and O–H groups in total. The Morgan fingerprint density at radius 3 is 2.75 bits per heavy atom. The van der Waals surface area contributed by atoms with Crippen LogP contribution in [0, 0.1) is 19.8 Å². The lowest BCUT2D eigenvalue weighted by atomic mass is 9.83. The first-order chi connectivity index (χ1) is 7.68. The molecule has 0 unspecified atom stereocenters. The van der Waals surface area contributed by atoms with Gasteiger partial charge in [0, 0.05) is 12.2 Å². The largest absolute Gasteiger partial charge is 0.352 e. The third-order valence-corrected chi connectivity index (χ3v) is 3.42. The van der Waals surface area contributed by atoms with E-state index in [1.807, 2.05) is 13.8 Å². The Labute approximate surface area is 95.8 Å². The molecule has 1 fully saturated rings. The lowest BCUT2D eigenvalue weighted by Gasteiger charge is -2.25. The minimum Gasteiger partial charge on any atom is -0.352 e. The van der Waals surface area contributed by atoms with Crippen molar-refractivity contribution < 1.29 is 4.79 Å². The van der Waals surface area contributed by atoms with Gasteiger partial charge in [0.15, 0.2) is 0 Å². The Bertz CT molecular complexity index is 360. The zero-order valence-corrected chi connectivity index (χ0v) is 9.97. The van der Waals surface area contributed by atoms with Crippen molar-refractivity contribution in [2.45, 2.75) is 39.5 Å². The minimum atomic E-state index is 0.00285. The Morgan fingerprint density at radius 2 is 2.25 bits per heavy atom. The molecule has 0 aliphatic heterocycles. The maximum Gasteiger partial charge on any atom is 0.255 e. The summed E-state index contributed by atoms with van der Waals surface area (Å²) in [5.41, 5.74) is 2.32. The van der Waals surface area contributed by atoms with Gasteiger partial charge in [0.05, 0.1) is 11.3 Å². The summed E-state index contributed by atoms with van der Waals surface area (Å²) in [5, 5.41) is 9.82. The zero-order valence-electron chi connectivity index (χ0n) is 9.97. The Kier molecular flexibility index (Phi) is 3.27. The van der Waals surface area contributed by atoms with Crippen LogP contribution >= 0.6 is 0 Å². The predicted octanol–water partition coefficient (Wildman–Crippen LogP) is 1.95. The average molecular weight is 221 g/mol. The van der Waals surface area contributed by atoms with Crippen LogP contribution in [0.15, 0.2) is 0 Å². The first kappa shape index (κ1) is 11.2. The van der Waals surface area contributed by atoms with Gasteiger partial charge in [-0.25, -0.2) is 0 Å². The number of amides is 1. The van der Waals surface area contributed by atoms with Gasteiger partial charge in [-0.2, -0.15) is 5.10 Å². The fraction of sp³-hybridized carbons (Fsp3) is 0.667. The van der Waals surface area contributed by atoms with Gasteiger partial charge < -0.3 is 5.32 Å². The Hall–Kier alpha value is -1.32. The number of rotatable bonds is 4. The van der Waals surface area contributed by atoms with Crippen molar-refractivity contribution in [3.05, 3.63) is 17.0 Å². The number of aromatic nitrogens is 2. The van der Waals surface area contributed by atoms with Gasteiger partial charge in [-0.3, -0.25) is 9.89 Å². The van der Waals surface area contributed by atoms with Crippen molar-refractivity contribution in [1.82, 2.24) is 15.5 Å². The standard InChI is InChI=1S/C12H19N3O/c1-8-11(9(2)15-14-8)12(16)13-7-6-10-4-3-5-10/h10H,3-7H2,1-2H3,(H,13,16)(H,14,15). The highest BCUT2D eigenvalue weighted by molar-refractivity contribution is 5.96. The van der Waals surface area contributed by atoms with Gasteiger partial charge in [-0.05, 0) is 26.2 Å². The van der Waals surface area contributed by atoms with Crippen LogP contribution in [0.4, 0.5) is 0 Å². The lowest BCUT2D eigenvalue weighted by Crippen LogP contribution is -2.28. The average Bonchev–Trinajstić information content (AvgIpc) is 2.50. The third-order valence-electron chi connectivity index (χ3n) is 3.42. The van der Waals surface area contributed by atoms with Gasteiger partial charge in [0.1, 0.15) is 0 Å². The van der Waals surface area contributed by atoms with Gasteiger partial charge >= 0.3 is 0 Å². The molecule has 1 aromatic heterocycles. The normalized spacial score (nSPS) is 15.9. The third kappa shape index (κ3) is 2.26. The molecule has 1 amide bonds. The van der Waals surface area contributed by atoms with Gasteiger partial charge in [-0.1, -0.05) is 19.3 Å². The lowest BCUT2D eigenvalue weighted by molar-refractivity contribution is 0.0948. The summed E-state index contributed by atoms with van der Waals surface area (Å²) in [6, 6.07) is 0. The van der Waals surface area contributed by atoms with Crippen LogP contribution in [0.1, 0.15) is 47.4 Å². The number of aryl methyl sites for hydroxylation is 2. The highest BCUT2D eigenvalue weighted by Gasteiger charge is 2.18. The molecular formula is C12H19N3O. The van der Waals surface area contributed by atoms with E-state index in [-0.39, 0.29) is 5.91 Å². The molecule has 2 rings (SSSR count). The fourth-order valence-electron chi connectivity index (χ4n) is 2.15. The number of carbonyl (C=O) groups is 1. The monoisotopic (exact) mass is 221 g/mol. The van der Waals surface area contributed by atoms with Crippen LogP contribution < -0.4 is 5.32 Å². The molecule has 88 valence electrons. The molecule has 4 heteroatoms. The smallest absolute Gasteiger partial charge is 0.255 e. The van der Waals surface area contributed by atoms with E-state index >= 15 is 0 Å². The SMILES string of the molecule is Cc1n[nH]c(C)c1C(=O)NCCC1CCC1. The van der Waals surface area contributed by atoms with E-state index in [0.29, 0.717) is 5.56 Å².